The zero-order valence-electron chi connectivity index (χ0n) is 11.9. The molecule has 4 nitrogen and oxygen atoms in total. The Bertz CT molecular complexity index is 539. The van der Waals surface area contributed by atoms with Crippen LogP contribution in [0, 0.1) is 0 Å². The van der Waals surface area contributed by atoms with Crippen molar-refractivity contribution in [2.24, 2.45) is 0 Å². The normalized spacial score (nSPS) is 22.3. The van der Waals surface area contributed by atoms with E-state index in [1.807, 2.05) is 17.1 Å². The van der Waals surface area contributed by atoms with E-state index in [1.165, 1.54) is 23.8 Å². The first-order chi connectivity index (χ1) is 10.1. The molecule has 2 atom stereocenters. The van der Waals surface area contributed by atoms with E-state index in [2.05, 4.69) is 11.6 Å². The second-order valence-electron chi connectivity index (χ2n) is 5.02. The van der Waals surface area contributed by atoms with Gasteiger partial charge in [0.15, 0.2) is 0 Å². The lowest BCUT2D eigenvalue weighted by Gasteiger charge is -2.30. The Morgan fingerprint density at radius 1 is 1.43 bits per heavy atom. The lowest BCUT2D eigenvalue weighted by molar-refractivity contribution is -0.131. The summed E-state index contributed by atoms with van der Waals surface area (Å²) < 4.78 is 0. The summed E-state index contributed by atoms with van der Waals surface area (Å²) in [6.45, 7) is 0. The molecule has 0 aliphatic heterocycles. The van der Waals surface area contributed by atoms with E-state index in [-0.39, 0.29) is 11.9 Å². The van der Waals surface area contributed by atoms with Crippen LogP contribution in [-0.2, 0) is 4.79 Å². The van der Waals surface area contributed by atoms with Crippen molar-refractivity contribution in [1.82, 2.24) is 5.32 Å². The number of thioether (sulfide) groups is 1. The maximum Gasteiger partial charge on any atom is 0.328 e. The molecule has 0 radical (unpaired) electrons. The molecule has 1 aliphatic rings. The molecule has 114 valence electrons. The number of carboxylic acid groups (broad SMARTS) is 1. The van der Waals surface area contributed by atoms with E-state index in [9.17, 15) is 9.59 Å². The molecule has 2 unspecified atom stereocenters. The minimum Gasteiger partial charge on any atom is -0.478 e. The van der Waals surface area contributed by atoms with Crippen LogP contribution in [0.4, 0.5) is 0 Å². The molecule has 2 N–H and O–H groups in total. The van der Waals surface area contributed by atoms with Crippen molar-refractivity contribution in [3.05, 3.63) is 28.0 Å². The fourth-order valence-electron chi connectivity index (χ4n) is 2.57. The zero-order chi connectivity index (χ0) is 15.2. The van der Waals surface area contributed by atoms with Crippen LogP contribution in [0.1, 0.15) is 40.9 Å². The van der Waals surface area contributed by atoms with Crippen LogP contribution < -0.4 is 5.32 Å². The Kier molecular flexibility index (Phi) is 5.87. The Labute approximate surface area is 132 Å². The molecule has 0 spiro atoms. The molecule has 1 aromatic rings. The zero-order valence-corrected chi connectivity index (χ0v) is 13.5. The van der Waals surface area contributed by atoms with Crippen molar-refractivity contribution in [1.29, 1.82) is 0 Å². The summed E-state index contributed by atoms with van der Waals surface area (Å²) >= 11 is 3.15. The van der Waals surface area contributed by atoms with Gasteiger partial charge in [-0.15, -0.1) is 11.3 Å². The first-order valence-corrected chi connectivity index (χ1v) is 9.10. The predicted molar refractivity (Wildman–Crippen MR) is 88.0 cm³/mol. The number of carbonyl (C=O) groups excluding carboxylic acids is 1. The predicted octanol–water partition coefficient (Wildman–Crippen LogP) is 3.25. The minimum atomic E-state index is -1.01. The first kappa shape index (κ1) is 16.1. The summed E-state index contributed by atoms with van der Waals surface area (Å²) in [5.74, 6) is -1.11. The monoisotopic (exact) mass is 325 g/mol. The molecule has 1 amide bonds. The van der Waals surface area contributed by atoms with Crippen molar-refractivity contribution < 1.29 is 14.7 Å². The van der Waals surface area contributed by atoms with Gasteiger partial charge in [0.05, 0.1) is 4.88 Å². The summed E-state index contributed by atoms with van der Waals surface area (Å²) in [6.07, 6.45) is 9.15. The topological polar surface area (TPSA) is 66.4 Å². The average Bonchev–Trinajstić information content (AvgIpc) is 2.94. The van der Waals surface area contributed by atoms with Crippen LogP contribution in [0.3, 0.4) is 0 Å². The van der Waals surface area contributed by atoms with E-state index in [0.29, 0.717) is 15.7 Å². The first-order valence-electron chi connectivity index (χ1n) is 6.94. The summed E-state index contributed by atoms with van der Waals surface area (Å²) in [7, 11) is 0. The van der Waals surface area contributed by atoms with Gasteiger partial charge in [-0.25, -0.2) is 4.79 Å². The Hall–Kier alpha value is -1.27. The third kappa shape index (κ3) is 4.35. The molecule has 0 aromatic carbocycles. The van der Waals surface area contributed by atoms with Gasteiger partial charge in [-0.2, -0.15) is 11.8 Å². The summed E-state index contributed by atoms with van der Waals surface area (Å²) in [4.78, 5) is 23.6. The number of thiophene rings is 1. The van der Waals surface area contributed by atoms with Crippen molar-refractivity contribution in [2.75, 3.05) is 6.26 Å². The summed E-state index contributed by atoms with van der Waals surface area (Å²) in [5, 5.41) is 14.1. The number of rotatable bonds is 5. The molecule has 1 fully saturated rings. The second kappa shape index (κ2) is 7.66. The molecule has 1 aliphatic carbocycles. The number of carboxylic acids is 1. The third-order valence-corrected chi connectivity index (χ3v) is 5.73. The number of hydrogen-bond acceptors (Lipinski definition) is 4. The highest BCUT2D eigenvalue weighted by Gasteiger charge is 2.26. The van der Waals surface area contributed by atoms with Gasteiger partial charge in [-0.05, 0) is 42.2 Å². The molecule has 2 rings (SSSR count). The fourth-order valence-corrected chi connectivity index (χ4v) is 4.30. The third-order valence-electron chi connectivity index (χ3n) is 3.63. The maximum atomic E-state index is 12.4. The molecule has 21 heavy (non-hydrogen) atoms. The maximum absolute atomic E-state index is 12.4. The number of aliphatic carboxylic acids is 1. The quantitative estimate of drug-likeness (QED) is 0.816. The van der Waals surface area contributed by atoms with Crippen molar-refractivity contribution in [3.63, 3.8) is 0 Å². The highest BCUT2D eigenvalue weighted by molar-refractivity contribution is 7.99. The largest absolute Gasteiger partial charge is 0.478 e. The standard InChI is InChI=1S/C15H19NO3S2/c1-20-12-5-3-2-4-11(12)16-15(19)14-10(8-9-21-14)6-7-13(17)18/h6-9,11-12H,2-5H2,1H3,(H,16,19)(H,17,18)/b7-6+. The smallest absolute Gasteiger partial charge is 0.328 e. The Morgan fingerprint density at radius 2 is 2.19 bits per heavy atom. The van der Waals surface area contributed by atoms with Gasteiger partial charge in [0, 0.05) is 17.4 Å². The van der Waals surface area contributed by atoms with Gasteiger partial charge < -0.3 is 10.4 Å². The Balaban J connectivity index is 2.06. The highest BCUT2D eigenvalue weighted by Crippen LogP contribution is 2.28. The molecule has 0 bridgehead atoms. The number of nitrogens with one attached hydrogen (secondary N) is 1. The number of hydrogen-bond donors (Lipinski definition) is 2. The van der Waals surface area contributed by atoms with Crippen LogP contribution in [0.5, 0.6) is 0 Å². The molecule has 1 saturated carbocycles. The van der Waals surface area contributed by atoms with Crippen molar-refractivity contribution in [2.45, 2.75) is 37.0 Å². The van der Waals surface area contributed by atoms with Gasteiger partial charge in [-0.1, -0.05) is 12.8 Å². The van der Waals surface area contributed by atoms with Gasteiger partial charge in [0.1, 0.15) is 0 Å². The Morgan fingerprint density at radius 3 is 2.90 bits per heavy atom. The lowest BCUT2D eigenvalue weighted by Crippen LogP contribution is -2.43. The molecule has 1 heterocycles. The van der Waals surface area contributed by atoms with E-state index in [0.717, 1.165) is 25.3 Å². The summed E-state index contributed by atoms with van der Waals surface area (Å²) in [6, 6.07) is 1.98. The highest BCUT2D eigenvalue weighted by atomic mass is 32.2. The van der Waals surface area contributed by atoms with Gasteiger partial charge >= 0.3 is 5.97 Å². The fraction of sp³-hybridized carbons (Fsp3) is 0.467. The van der Waals surface area contributed by atoms with Crippen LogP contribution in [0.2, 0.25) is 0 Å². The molecular weight excluding hydrogens is 306 g/mol. The van der Waals surface area contributed by atoms with Crippen LogP contribution in [0.15, 0.2) is 17.5 Å². The summed E-state index contributed by atoms with van der Waals surface area (Å²) in [5.41, 5.74) is 0.663. The molecule has 0 saturated heterocycles. The lowest BCUT2D eigenvalue weighted by atomic mass is 9.94. The number of carbonyl (C=O) groups is 2. The SMILES string of the molecule is CSC1CCCCC1NC(=O)c1sccc1/C=C/C(=O)O. The average molecular weight is 325 g/mol. The van der Waals surface area contributed by atoms with Crippen molar-refractivity contribution in [3.8, 4) is 0 Å². The van der Waals surface area contributed by atoms with Crippen molar-refractivity contribution >= 4 is 41.1 Å². The van der Waals surface area contributed by atoms with E-state index < -0.39 is 5.97 Å². The number of amides is 1. The molecular formula is C15H19NO3S2. The van der Waals surface area contributed by atoms with Gasteiger partial charge in [0.25, 0.3) is 5.91 Å². The van der Waals surface area contributed by atoms with Crippen LogP contribution >= 0.6 is 23.1 Å². The van der Waals surface area contributed by atoms with Crippen LogP contribution in [0.25, 0.3) is 6.08 Å². The van der Waals surface area contributed by atoms with Gasteiger partial charge in [-0.3, -0.25) is 4.79 Å². The second-order valence-corrected chi connectivity index (χ2v) is 7.01. The molecule has 6 heteroatoms. The van der Waals surface area contributed by atoms with E-state index >= 15 is 0 Å². The molecule has 1 aromatic heterocycles. The van der Waals surface area contributed by atoms with Crippen LogP contribution in [-0.4, -0.2) is 34.5 Å². The minimum absolute atomic E-state index is 0.0963. The van der Waals surface area contributed by atoms with E-state index in [4.69, 9.17) is 5.11 Å². The van der Waals surface area contributed by atoms with Gasteiger partial charge in [0.2, 0.25) is 0 Å². The van der Waals surface area contributed by atoms with E-state index in [1.54, 1.807) is 6.07 Å².